The summed E-state index contributed by atoms with van der Waals surface area (Å²) in [5.41, 5.74) is 9.06. The number of nitrogens with zero attached hydrogens (tertiary/aromatic N) is 3. The number of H-pyrrole nitrogens is 1. The van der Waals surface area contributed by atoms with Gasteiger partial charge in [-0.05, 0) is 18.1 Å². The molecule has 2 aromatic heterocycles. The van der Waals surface area contributed by atoms with E-state index in [4.69, 9.17) is 10.5 Å². The smallest absolute Gasteiger partial charge is 0.245 e. The predicted octanol–water partition coefficient (Wildman–Crippen LogP) is 1.82. The van der Waals surface area contributed by atoms with Crippen molar-refractivity contribution in [1.29, 1.82) is 0 Å². The summed E-state index contributed by atoms with van der Waals surface area (Å²) >= 11 is 0. The van der Waals surface area contributed by atoms with E-state index in [9.17, 15) is 0 Å². The highest BCUT2D eigenvalue weighted by atomic mass is 16.5. The predicted molar refractivity (Wildman–Crippen MR) is 71.6 cm³/mol. The number of hydrogen-bond acceptors (Lipinski definition) is 5. The SMILES string of the molecule is Cc1ccccc1COc1nc(N)nc2nc[nH]c12. The number of hydrogen-bond donors (Lipinski definition) is 2. The molecule has 0 aliphatic heterocycles. The second kappa shape index (κ2) is 4.56. The Kier molecular flexibility index (Phi) is 2.75. The average molecular weight is 255 g/mol. The molecule has 0 spiro atoms. The quantitative estimate of drug-likeness (QED) is 0.745. The van der Waals surface area contributed by atoms with Crippen molar-refractivity contribution in [2.75, 3.05) is 5.73 Å². The Bertz CT molecular complexity index is 722. The van der Waals surface area contributed by atoms with E-state index in [1.807, 2.05) is 31.2 Å². The number of nitrogens with two attached hydrogens (primary N) is 1. The summed E-state index contributed by atoms with van der Waals surface area (Å²) in [5, 5.41) is 0. The molecular weight excluding hydrogens is 242 g/mol. The standard InChI is InChI=1S/C13H13N5O/c1-8-4-2-3-5-9(8)6-19-12-10-11(16-7-15-10)17-13(14)18-12/h2-5,7H,6H2,1H3,(H3,14,15,16,17,18). The van der Waals surface area contributed by atoms with Crippen molar-refractivity contribution >= 4 is 17.1 Å². The van der Waals surface area contributed by atoms with E-state index in [2.05, 4.69) is 19.9 Å². The summed E-state index contributed by atoms with van der Waals surface area (Å²) in [6.45, 7) is 2.47. The van der Waals surface area contributed by atoms with E-state index in [0.717, 1.165) is 5.56 Å². The second-order valence-electron chi connectivity index (χ2n) is 4.20. The Labute approximate surface area is 109 Å². The molecule has 0 radical (unpaired) electrons. The highest BCUT2D eigenvalue weighted by Gasteiger charge is 2.10. The van der Waals surface area contributed by atoms with Gasteiger partial charge in [0.25, 0.3) is 0 Å². The zero-order valence-electron chi connectivity index (χ0n) is 10.4. The van der Waals surface area contributed by atoms with E-state index in [1.54, 1.807) is 6.33 Å². The van der Waals surface area contributed by atoms with Crippen LogP contribution in [0.5, 0.6) is 5.88 Å². The minimum Gasteiger partial charge on any atom is -0.471 e. The van der Waals surface area contributed by atoms with Gasteiger partial charge in [0.2, 0.25) is 11.8 Å². The van der Waals surface area contributed by atoms with Gasteiger partial charge in [-0.25, -0.2) is 4.98 Å². The molecule has 19 heavy (non-hydrogen) atoms. The van der Waals surface area contributed by atoms with Crippen LogP contribution in [-0.2, 0) is 6.61 Å². The molecule has 0 saturated carbocycles. The van der Waals surface area contributed by atoms with Gasteiger partial charge >= 0.3 is 0 Å². The van der Waals surface area contributed by atoms with Crippen LogP contribution in [0.1, 0.15) is 11.1 Å². The third kappa shape index (κ3) is 2.20. The number of ether oxygens (including phenoxy) is 1. The third-order valence-electron chi connectivity index (χ3n) is 2.90. The fourth-order valence-electron chi connectivity index (χ4n) is 1.85. The van der Waals surface area contributed by atoms with Gasteiger partial charge in [-0.15, -0.1) is 0 Å². The van der Waals surface area contributed by atoms with E-state index in [0.29, 0.717) is 23.7 Å². The maximum absolute atomic E-state index is 5.72. The van der Waals surface area contributed by atoms with Crippen molar-refractivity contribution in [3.05, 3.63) is 41.7 Å². The molecule has 0 unspecified atom stereocenters. The van der Waals surface area contributed by atoms with Gasteiger partial charge in [0.1, 0.15) is 12.1 Å². The maximum Gasteiger partial charge on any atom is 0.245 e. The zero-order valence-corrected chi connectivity index (χ0v) is 10.4. The van der Waals surface area contributed by atoms with Crippen LogP contribution < -0.4 is 10.5 Å². The molecule has 96 valence electrons. The number of fused-ring (bicyclic) bond motifs is 1. The highest BCUT2D eigenvalue weighted by Crippen LogP contribution is 2.21. The normalized spacial score (nSPS) is 10.8. The minimum absolute atomic E-state index is 0.152. The van der Waals surface area contributed by atoms with Crippen molar-refractivity contribution < 1.29 is 4.74 Å². The lowest BCUT2D eigenvalue weighted by Crippen LogP contribution is -2.03. The number of aromatic nitrogens is 4. The van der Waals surface area contributed by atoms with Gasteiger partial charge in [0.05, 0.1) is 6.33 Å². The van der Waals surface area contributed by atoms with E-state index < -0.39 is 0 Å². The van der Waals surface area contributed by atoms with Crippen molar-refractivity contribution in [2.45, 2.75) is 13.5 Å². The molecule has 3 rings (SSSR count). The van der Waals surface area contributed by atoms with Crippen LogP contribution >= 0.6 is 0 Å². The second-order valence-corrected chi connectivity index (χ2v) is 4.20. The van der Waals surface area contributed by atoms with Gasteiger partial charge in [0, 0.05) is 0 Å². The number of aryl methyl sites for hydroxylation is 1. The number of rotatable bonds is 3. The molecule has 0 amide bonds. The third-order valence-corrected chi connectivity index (χ3v) is 2.90. The molecule has 0 aliphatic carbocycles. The Morgan fingerprint density at radius 1 is 1.26 bits per heavy atom. The first-order chi connectivity index (χ1) is 9.24. The van der Waals surface area contributed by atoms with Crippen LogP contribution in [-0.4, -0.2) is 19.9 Å². The van der Waals surface area contributed by atoms with Crippen LogP contribution in [0.3, 0.4) is 0 Å². The van der Waals surface area contributed by atoms with E-state index in [1.165, 1.54) is 5.56 Å². The molecule has 1 aromatic carbocycles. The van der Waals surface area contributed by atoms with Gasteiger partial charge < -0.3 is 15.5 Å². The van der Waals surface area contributed by atoms with Crippen molar-refractivity contribution in [1.82, 2.24) is 19.9 Å². The molecule has 6 nitrogen and oxygen atoms in total. The van der Waals surface area contributed by atoms with Crippen LogP contribution in [0.2, 0.25) is 0 Å². The summed E-state index contributed by atoms with van der Waals surface area (Å²) in [5.74, 6) is 0.572. The van der Waals surface area contributed by atoms with Gasteiger partial charge in [-0.1, -0.05) is 24.3 Å². The Morgan fingerprint density at radius 2 is 2.11 bits per heavy atom. The first-order valence-electron chi connectivity index (χ1n) is 5.88. The average Bonchev–Trinajstić information content (AvgIpc) is 2.85. The molecule has 0 fully saturated rings. The fraction of sp³-hybridized carbons (Fsp3) is 0.154. The number of nitrogens with one attached hydrogen (secondary N) is 1. The van der Waals surface area contributed by atoms with Crippen molar-refractivity contribution in [3.63, 3.8) is 0 Å². The minimum atomic E-state index is 0.152. The zero-order chi connectivity index (χ0) is 13.2. The Balaban J connectivity index is 1.90. The van der Waals surface area contributed by atoms with Crippen molar-refractivity contribution in [3.8, 4) is 5.88 Å². The Hall–Kier alpha value is -2.63. The first-order valence-corrected chi connectivity index (χ1v) is 5.88. The monoisotopic (exact) mass is 255 g/mol. The molecular formula is C13H13N5O. The summed E-state index contributed by atoms with van der Waals surface area (Å²) in [6.07, 6.45) is 1.54. The highest BCUT2D eigenvalue weighted by molar-refractivity contribution is 5.76. The van der Waals surface area contributed by atoms with Gasteiger partial charge in [-0.3, -0.25) is 0 Å². The van der Waals surface area contributed by atoms with Crippen LogP contribution in [0, 0.1) is 6.92 Å². The summed E-state index contributed by atoms with van der Waals surface area (Å²) in [7, 11) is 0. The van der Waals surface area contributed by atoms with Gasteiger partial charge in [-0.2, -0.15) is 9.97 Å². The largest absolute Gasteiger partial charge is 0.471 e. The number of imidazole rings is 1. The summed E-state index contributed by atoms with van der Waals surface area (Å²) in [6, 6.07) is 8.03. The van der Waals surface area contributed by atoms with Crippen LogP contribution in [0.4, 0.5) is 5.95 Å². The number of aromatic amines is 1. The topological polar surface area (TPSA) is 89.7 Å². The molecule has 0 aliphatic rings. The Morgan fingerprint density at radius 3 is 2.95 bits per heavy atom. The fourth-order valence-corrected chi connectivity index (χ4v) is 1.85. The molecule has 3 N–H and O–H groups in total. The number of anilines is 1. The molecule has 6 heteroatoms. The van der Waals surface area contributed by atoms with Crippen LogP contribution in [0.15, 0.2) is 30.6 Å². The lowest BCUT2D eigenvalue weighted by atomic mass is 10.1. The molecule has 0 atom stereocenters. The van der Waals surface area contributed by atoms with E-state index >= 15 is 0 Å². The number of benzene rings is 1. The molecule has 3 aromatic rings. The van der Waals surface area contributed by atoms with Crippen molar-refractivity contribution in [2.24, 2.45) is 0 Å². The molecule has 0 saturated heterocycles. The first kappa shape index (κ1) is 11.5. The maximum atomic E-state index is 5.72. The molecule has 2 heterocycles. The van der Waals surface area contributed by atoms with Gasteiger partial charge in [0.15, 0.2) is 5.65 Å². The van der Waals surface area contributed by atoms with E-state index in [-0.39, 0.29) is 5.95 Å². The molecule has 0 bridgehead atoms. The van der Waals surface area contributed by atoms with Crippen LogP contribution in [0.25, 0.3) is 11.2 Å². The lowest BCUT2D eigenvalue weighted by Gasteiger charge is -2.08. The summed E-state index contributed by atoms with van der Waals surface area (Å²) < 4.78 is 5.72. The summed E-state index contributed by atoms with van der Waals surface area (Å²) in [4.78, 5) is 15.1. The lowest BCUT2D eigenvalue weighted by molar-refractivity contribution is 0.297. The number of nitrogen functional groups attached to an aromatic ring is 1.